The molecule has 0 aromatic rings. The maximum atomic E-state index is 10.4. The van der Waals surface area contributed by atoms with E-state index in [1.54, 1.807) is 0 Å². The fraction of sp³-hybridized carbons (Fsp3) is 0.958. The Balaban J connectivity index is 3.15. The van der Waals surface area contributed by atoms with Gasteiger partial charge in [-0.05, 0) is 12.3 Å². The van der Waals surface area contributed by atoms with E-state index >= 15 is 0 Å². The van der Waals surface area contributed by atoms with E-state index in [9.17, 15) is 4.79 Å². The second-order valence-electron chi connectivity index (χ2n) is 8.48. The van der Waals surface area contributed by atoms with Crippen molar-refractivity contribution in [2.75, 3.05) is 0 Å². The van der Waals surface area contributed by atoms with E-state index in [0.29, 0.717) is 6.42 Å². The molecule has 156 valence electrons. The molecule has 0 aromatic carbocycles. The summed E-state index contributed by atoms with van der Waals surface area (Å²) in [5.74, 6) is 0.238. The van der Waals surface area contributed by atoms with Crippen LogP contribution in [0.3, 0.4) is 0 Å². The lowest BCUT2D eigenvalue weighted by Crippen LogP contribution is -1.95. The first-order valence-corrected chi connectivity index (χ1v) is 11.9. The van der Waals surface area contributed by atoms with Gasteiger partial charge in [-0.3, -0.25) is 4.79 Å². The number of carbonyl (C=O) groups is 1. The molecule has 1 unspecified atom stereocenters. The molecule has 0 aliphatic heterocycles. The smallest absolute Gasteiger partial charge is 0.303 e. The minimum atomic E-state index is -0.652. The summed E-state index contributed by atoms with van der Waals surface area (Å²) in [5, 5.41) is 8.59. The first-order chi connectivity index (χ1) is 12.7. The Hall–Kier alpha value is -0.530. The highest BCUT2D eigenvalue weighted by atomic mass is 16.4. The number of rotatable bonds is 21. The summed E-state index contributed by atoms with van der Waals surface area (Å²) in [6, 6.07) is 0. The zero-order valence-electron chi connectivity index (χ0n) is 18.1. The van der Waals surface area contributed by atoms with Gasteiger partial charge in [0.2, 0.25) is 0 Å². The van der Waals surface area contributed by atoms with Gasteiger partial charge in [0.25, 0.3) is 0 Å². The minimum Gasteiger partial charge on any atom is -0.481 e. The molecule has 26 heavy (non-hydrogen) atoms. The maximum absolute atomic E-state index is 10.4. The largest absolute Gasteiger partial charge is 0.481 e. The Bertz CT molecular complexity index is 288. The third-order valence-corrected chi connectivity index (χ3v) is 5.64. The minimum absolute atomic E-state index is 0.343. The molecule has 2 nitrogen and oxygen atoms in total. The topological polar surface area (TPSA) is 37.3 Å². The van der Waals surface area contributed by atoms with Crippen molar-refractivity contribution in [3.05, 3.63) is 0 Å². The molecule has 0 amide bonds. The fourth-order valence-electron chi connectivity index (χ4n) is 3.78. The first kappa shape index (κ1) is 25.5. The van der Waals surface area contributed by atoms with Crippen molar-refractivity contribution in [1.82, 2.24) is 0 Å². The SMILES string of the molecule is CCCCCCCCCCCCCC(C)CCCCCCCCC(=O)O. The van der Waals surface area contributed by atoms with Gasteiger partial charge in [-0.25, -0.2) is 0 Å². The van der Waals surface area contributed by atoms with Gasteiger partial charge in [-0.1, -0.05) is 129 Å². The van der Waals surface area contributed by atoms with Crippen LogP contribution in [0, 0.1) is 5.92 Å². The Morgan fingerprint density at radius 2 is 0.962 bits per heavy atom. The Labute approximate surface area is 164 Å². The van der Waals surface area contributed by atoms with Crippen molar-refractivity contribution in [2.24, 2.45) is 5.92 Å². The van der Waals surface area contributed by atoms with Crippen molar-refractivity contribution in [1.29, 1.82) is 0 Å². The van der Waals surface area contributed by atoms with E-state index in [0.717, 1.165) is 18.8 Å². The number of unbranched alkanes of at least 4 members (excludes halogenated alkanes) is 15. The third-order valence-electron chi connectivity index (χ3n) is 5.64. The molecular formula is C24H48O2. The molecular weight excluding hydrogens is 320 g/mol. The first-order valence-electron chi connectivity index (χ1n) is 11.9. The van der Waals surface area contributed by atoms with Crippen LogP contribution in [0.1, 0.15) is 142 Å². The summed E-state index contributed by atoms with van der Waals surface area (Å²) in [7, 11) is 0. The van der Waals surface area contributed by atoms with Gasteiger partial charge < -0.3 is 5.11 Å². The predicted molar refractivity (Wildman–Crippen MR) is 115 cm³/mol. The van der Waals surface area contributed by atoms with Crippen molar-refractivity contribution < 1.29 is 9.90 Å². The van der Waals surface area contributed by atoms with Crippen LogP contribution in [0.25, 0.3) is 0 Å². The highest BCUT2D eigenvalue weighted by molar-refractivity contribution is 5.66. The summed E-state index contributed by atoms with van der Waals surface area (Å²) in [4.78, 5) is 10.4. The molecule has 0 spiro atoms. The van der Waals surface area contributed by atoms with Crippen LogP contribution >= 0.6 is 0 Å². The van der Waals surface area contributed by atoms with Crippen LogP contribution in [-0.4, -0.2) is 11.1 Å². The van der Waals surface area contributed by atoms with Gasteiger partial charge in [0.15, 0.2) is 0 Å². The standard InChI is InChI=1S/C24H48O2/c1-3-4-5-6-7-8-9-10-11-14-17-20-23(2)21-18-15-12-13-16-19-22-24(25)26/h23H,3-22H2,1-2H3,(H,25,26). The monoisotopic (exact) mass is 368 g/mol. The van der Waals surface area contributed by atoms with Crippen LogP contribution in [-0.2, 0) is 4.79 Å². The number of aliphatic carboxylic acids is 1. The molecule has 0 saturated heterocycles. The summed E-state index contributed by atoms with van der Waals surface area (Å²) in [6.45, 7) is 4.71. The second-order valence-corrected chi connectivity index (χ2v) is 8.48. The number of carboxylic acids is 1. The molecule has 2 heteroatoms. The molecule has 0 bridgehead atoms. The molecule has 0 rings (SSSR count). The van der Waals surface area contributed by atoms with Gasteiger partial charge in [-0.2, -0.15) is 0 Å². The van der Waals surface area contributed by atoms with Gasteiger partial charge in [0.1, 0.15) is 0 Å². The van der Waals surface area contributed by atoms with Crippen molar-refractivity contribution in [3.63, 3.8) is 0 Å². The van der Waals surface area contributed by atoms with Crippen LogP contribution in [0.4, 0.5) is 0 Å². The lowest BCUT2D eigenvalue weighted by atomic mass is 9.95. The lowest BCUT2D eigenvalue weighted by Gasteiger charge is -2.11. The molecule has 0 aromatic heterocycles. The molecule has 0 radical (unpaired) electrons. The molecule has 0 heterocycles. The normalized spacial score (nSPS) is 12.4. The van der Waals surface area contributed by atoms with E-state index in [1.807, 2.05) is 0 Å². The molecule has 0 fully saturated rings. The zero-order valence-corrected chi connectivity index (χ0v) is 18.1. The third kappa shape index (κ3) is 21.5. The van der Waals surface area contributed by atoms with Crippen LogP contribution < -0.4 is 0 Å². The van der Waals surface area contributed by atoms with Crippen molar-refractivity contribution >= 4 is 5.97 Å². The molecule has 0 aliphatic carbocycles. The van der Waals surface area contributed by atoms with E-state index in [-0.39, 0.29) is 0 Å². The second kappa shape index (κ2) is 20.8. The van der Waals surface area contributed by atoms with Crippen LogP contribution in [0.2, 0.25) is 0 Å². The molecule has 1 atom stereocenters. The average Bonchev–Trinajstić information content (AvgIpc) is 2.61. The molecule has 1 N–H and O–H groups in total. The van der Waals surface area contributed by atoms with Gasteiger partial charge in [-0.15, -0.1) is 0 Å². The number of hydrogen-bond acceptors (Lipinski definition) is 1. The van der Waals surface area contributed by atoms with Gasteiger partial charge in [0, 0.05) is 6.42 Å². The summed E-state index contributed by atoms with van der Waals surface area (Å²) < 4.78 is 0. The van der Waals surface area contributed by atoms with Crippen molar-refractivity contribution in [3.8, 4) is 0 Å². The summed E-state index contributed by atoms with van der Waals surface area (Å²) in [6.07, 6.45) is 26.0. The van der Waals surface area contributed by atoms with Crippen molar-refractivity contribution in [2.45, 2.75) is 142 Å². The van der Waals surface area contributed by atoms with E-state index in [4.69, 9.17) is 5.11 Å². The van der Waals surface area contributed by atoms with Gasteiger partial charge in [0.05, 0.1) is 0 Å². The fourth-order valence-corrected chi connectivity index (χ4v) is 3.78. The Kier molecular flexibility index (Phi) is 20.4. The van der Waals surface area contributed by atoms with E-state index in [2.05, 4.69) is 13.8 Å². The average molecular weight is 369 g/mol. The lowest BCUT2D eigenvalue weighted by molar-refractivity contribution is -0.137. The summed E-state index contributed by atoms with van der Waals surface area (Å²) in [5.41, 5.74) is 0. The summed E-state index contributed by atoms with van der Waals surface area (Å²) >= 11 is 0. The molecule has 0 aliphatic rings. The quantitative estimate of drug-likeness (QED) is 0.206. The van der Waals surface area contributed by atoms with E-state index < -0.39 is 5.97 Å². The van der Waals surface area contributed by atoms with Gasteiger partial charge >= 0.3 is 5.97 Å². The Morgan fingerprint density at radius 1 is 0.615 bits per heavy atom. The Morgan fingerprint density at radius 3 is 1.35 bits per heavy atom. The highest BCUT2D eigenvalue weighted by Crippen LogP contribution is 2.19. The zero-order chi connectivity index (χ0) is 19.3. The number of carboxylic acid groups (broad SMARTS) is 1. The van der Waals surface area contributed by atoms with Crippen LogP contribution in [0.15, 0.2) is 0 Å². The predicted octanol–water partition coefficient (Wildman–Crippen LogP) is 8.53. The maximum Gasteiger partial charge on any atom is 0.303 e. The van der Waals surface area contributed by atoms with Crippen LogP contribution in [0.5, 0.6) is 0 Å². The molecule has 0 saturated carbocycles. The highest BCUT2D eigenvalue weighted by Gasteiger charge is 2.02. The number of hydrogen-bond donors (Lipinski definition) is 1. The van der Waals surface area contributed by atoms with E-state index in [1.165, 1.54) is 109 Å².